The fourth-order valence-corrected chi connectivity index (χ4v) is 4.79. The van der Waals surface area contributed by atoms with E-state index >= 15 is 0 Å². The molecule has 2 aliphatic rings. The zero-order valence-electron chi connectivity index (χ0n) is 16.3. The average Bonchev–Trinajstić information content (AvgIpc) is 3.05. The van der Waals surface area contributed by atoms with Crippen LogP contribution in [0.25, 0.3) is 0 Å². The molecule has 3 atom stereocenters. The summed E-state index contributed by atoms with van der Waals surface area (Å²) >= 11 is 9.51. The fraction of sp³-hybridized carbons (Fsp3) is 0.333. The Bertz CT molecular complexity index is 1100. The van der Waals surface area contributed by atoms with Crippen molar-refractivity contribution in [1.29, 1.82) is 0 Å². The third-order valence-corrected chi connectivity index (χ3v) is 6.47. The lowest BCUT2D eigenvalue weighted by molar-refractivity contribution is -0.183. The quantitative estimate of drug-likeness (QED) is 0.489. The van der Waals surface area contributed by atoms with Crippen molar-refractivity contribution in [2.45, 2.75) is 31.1 Å². The lowest BCUT2D eigenvalue weighted by Gasteiger charge is -2.31. The van der Waals surface area contributed by atoms with Crippen LogP contribution in [0.3, 0.4) is 0 Å². The van der Waals surface area contributed by atoms with Crippen molar-refractivity contribution in [3.05, 3.63) is 62.3 Å². The maximum Gasteiger partial charge on any atom is 0.391 e. The van der Waals surface area contributed by atoms with Crippen LogP contribution in [0.4, 0.5) is 23.2 Å². The van der Waals surface area contributed by atoms with E-state index in [9.17, 15) is 27.2 Å². The van der Waals surface area contributed by atoms with Gasteiger partial charge in [-0.05, 0) is 49.7 Å². The molecule has 0 aliphatic carbocycles. The van der Waals surface area contributed by atoms with Crippen LogP contribution < -0.4 is 16.0 Å². The molecular formula is C21H17BrClF4N3O2. The summed E-state index contributed by atoms with van der Waals surface area (Å²) in [4.78, 5) is 25.4. The van der Waals surface area contributed by atoms with Gasteiger partial charge in [0.15, 0.2) is 0 Å². The Labute approximate surface area is 194 Å². The minimum absolute atomic E-state index is 0.0560. The molecule has 4 rings (SSSR count). The van der Waals surface area contributed by atoms with Gasteiger partial charge in [0.05, 0.1) is 18.0 Å². The number of alkyl halides is 3. The monoisotopic (exact) mass is 533 g/mol. The standard InChI is InChI=1S/C21H17BrClF4N3O2/c22-10-6-13-17(18(30-19(13)31)12-8-11(24)1-2-14(12)23)15(7-10)29-20(32)16-5-9(3-4-28-16)21(25,26)27/h1-2,6-9,16,18,28H,3-5H2,(H,29,32)(H,30,31). The molecule has 0 spiro atoms. The smallest absolute Gasteiger partial charge is 0.341 e. The van der Waals surface area contributed by atoms with E-state index in [-0.39, 0.29) is 35.7 Å². The van der Waals surface area contributed by atoms with E-state index in [1.54, 1.807) is 12.1 Å². The summed E-state index contributed by atoms with van der Waals surface area (Å²) < 4.78 is 53.8. The number of piperidine rings is 1. The molecule has 2 aromatic rings. The van der Waals surface area contributed by atoms with Gasteiger partial charge in [-0.25, -0.2) is 4.39 Å². The number of benzene rings is 2. The van der Waals surface area contributed by atoms with Crippen molar-refractivity contribution in [1.82, 2.24) is 10.6 Å². The summed E-state index contributed by atoms with van der Waals surface area (Å²) in [6.45, 7) is 0.0560. The van der Waals surface area contributed by atoms with E-state index < -0.39 is 41.8 Å². The fourth-order valence-electron chi connectivity index (χ4n) is 4.10. The van der Waals surface area contributed by atoms with E-state index in [0.29, 0.717) is 15.6 Å². The van der Waals surface area contributed by atoms with Gasteiger partial charge in [0.2, 0.25) is 5.91 Å². The maximum atomic E-state index is 13.9. The molecule has 11 heteroatoms. The molecule has 170 valence electrons. The van der Waals surface area contributed by atoms with Gasteiger partial charge in [0, 0.05) is 31.9 Å². The van der Waals surface area contributed by atoms with Crippen LogP contribution in [0, 0.1) is 11.7 Å². The van der Waals surface area contributed by atoms with Gasteiger partial charge in [-0.1, -0.05) is 27.5 Å². The number of nitrogens with one attached hydrogen (secondary N) is 3. The summed E-state index contributed by atoms with van der Waals surface area (Å²) in [5, 5.41) is 8.41. The molecule has 2 aliphatic heterocycles. The second-order valence-electron chi connectivity index (χ2n) is 7.75. The van der Waals surface area contributed by atoms with Gasteiger partial charge in [0.1, 0.15) is 5.82 Å². The number of rotatable bonds is 3. The van der Waals surface area contributed by atoms with E-state index in [4.69, 9.17) is 11.6 Å². The first-order valence-corrected chi connectivity index (χ1v) is 10.9. The predicted octanol–water partition coefficient (Wildman–Crippen LogP) is 4.94. The average molecular weight is 535 g/mol. The highest BCUT2D eigenvalue weighted by Crippen LogP contribution is 2.41. The number of hydrogen-bond acceptors (Lipinski definition) is 3. The topological polar surface area (TPSA) is 70.2 Å². The number of carbonyl (C=O) groups excluding carboxylic acids is 2. The third-order valence-electron chi connectivity index (χ3n) is 5.66. The van der Waals surface area contributed by atoms with Crippen LogP contribution >= 0.6 is 27.5 Å². The van der Waals surface area contributed by atoms with Crippen molar-refractivity contribution in [2.24, 2.45) is 5.92 Å². The summed E-state index contributed by atoms with van der Waals surface area (Å²) in [5.41, 5.74) is 1.12. The lowest BCUT2D eigenvalue weighted by atomic mass is 9.91. The highest BCUT2D eigenvalue weighted by atomic mass is 79.9. The first-order valence-electron chi connectivity index (χ1n) is 9.75. The largest absolute Gasteiger partial charge is 0.391 e. The number of anilines is 1. The second-order valence-corrected chi connectivity index (χ2v) is 9.07. The van der Waals surface area contributed by atoms with Crippen LogP contribution in [0.2, 0.25) is 5.02 Å². The number of amides is 2. The molecule has 32 heavy (non-hydrogen) atoms. The lowest BCUT2D eigenvalue weighted by Crippen LogP contribution is -2.49. The van der Waals surface area contributed by atoms with Crippen molar-refractivity contribution >= 4 is 45.0 Å². The molecule has 0 radical (unpaired) electrons. The minimum atomic E-state index is -4.38. The van der Waals surface area contributed by atoms with Crippen LogP contribution in [-0.2, 0) is 4.79 Å². The Kier molecular flexibility index (Phi) is 6.21. The van der Waals surface area contributed by atoms with Gasteiger partial charge in [-0.3, -0.25) is 9.59 Å². The molecule has 2 amide bonds. The van der Waals surface area contributed by atoms with Gasteiger partial charge < -0.3 is 16.0 Å². The summed E-state index contributed by atoms with van der Waals surface area (Å²) in [6, 6.07) is 4.92. The summed E-state index contributed by atoms with van der Waals surface area (Å²) in [5.74, 6) is -3.23. The number of hydrogen-bond donors (Lipinski definition) is 3. The zero-order valence-corrected chi connectivity index (χ0v) is 18.7. The maximum absolute atomic E-state index is 13.9. The third kappa shape index (κ3) is 4.49. The molecule has 2 heterocycles. The summed E-state index contributed by atoms with van der Waals surface area (Å²) in [6.07, 6.45) is -4.87. The first-order chi connectivity index (χ1) is 15.0. The molecular weight excluding hydrogens is 518 g/mol. The van der Waals surface area contributed by atoms with Gasteiger partial charge in [0.25, 0.3) is 5.91 Å². The molecule has 3 N–H and O–H groups in total. The van der Waals surface area contributed by atoms with Gasteiger partial charge in [-0.15, -0.1) is 0 Å². The molecule has 0 bridgehead atoms. The van der Waals surface area contributed by atoms with E-state index in [2.05, 4.69) is 31.9 Å². The van der Waals surface area contributed by atoms with E-state index in [1.165, 1.54) is 18.2 Å². The molecule has 1 fully saturated rings. The predicted molar refractivity (Wildman–Crippen MR) is 114 cm³/mol. The molecule has 3 unspecified atom stereocenters. The minimum Gasteiger partial charge on any atom is -0.341 e. The number of fused-ring (bicyclic) bond motifs is 1. The van der Waals surface area contributed by atoms with Crippen molar-refractivity contribution in [3.8, 4) is 0 Å². The van der Waals surface area contributed by atoms with Gasteiger partial charge in [-0.2, -0.15) is 13.2 Å². The molecule has 5 nitrogen and oxygen atoms in total. The highest BCUT2D eigenvalue weighted by Gasteiger charge is 2.44. The van der Waals surface area contributed by atoms with Crippen LogP contribution in [-0.4, -0.2) is 30.6 Å². The Hall–Kier alpha value is -2.17. The van der Waals surface area contributed by atoms with Crippen LogP contribution in [0.15, 0.2) is 34.8 Å². The molecule has 0 saturated carbocycles. The first kappa shape index (κ1) is 23.0. The van der Waals surface area contributed by atoms with Crippen LogP contribution in [0.1, 0.15) is 40.4 Å². The van der Waals surface area contributed by atoms with Crippen molar-refractivity contribution < 1.29 is 27.2 Å². The Morgan fingerprint density at radius 1 is 1.22 bits per heavy atom. The van der Waals surface area contributed by atoms with Crippen molar-refractivity contribution in [2.75, 3.05) is 11.9 Å². The Morgan fingerprint density at radius 3 is 2.69 bits per heavy atom. The summed E-state index contributed by atoms with van der Waals surface area (Å²) in [7, 11) is 0. The Balaban J connectivity index is 1.67. The number of carbonyl (C=O) groups is 2. The van der Waals surface area contributed by atoms with Gasteiger partial charge >= 0.3 is 6.18 Å². The molecule has 1 saturated heterocycles. The van der Waals surface area contributed by atoms with Crippen LogP contribution in [0.5, 0.6) is 0 Å². The SMILES string of the molecule is O=C1NC(c2cc(F)ccc2Cl)c2c(NC(=O)C3CC(C(F)(F)F)CCN3)cc(Br)cc21. The number of halogens is 6. The van der Waals surface area contributed by atoms with E-state index in [0.717, 1.165) is 0 Å². The highest BCUT2D eigenvalue weighted by molar-refractivity contribution is 9.10. The molecule has 0 aromatic heterocycles. The van der Waals surface area contributed by atoms with Crippen molar-refractivity contribution in [3.63, 3.8) is 0 Å². The van der Waals surface area contributed by atoms with E-state index in [1.807, 2.05) is 0 Å². The second kappa shape index (κ2) is 8.64. The normalized spacial score (nSPS) is 22.9. The molecule has 2 aromatic carbocycles. The Morgan fingerprint density at radius 2 is 1.97 bits per heavy atom. The zero-order chi connectivity index (χ0) is 23.2.